The van der Waals surface area contributed by atoms with E-state index in [1.54, 1.807) is 30.3 Å². The van der Waals surface area contributed by atoms with Crippen molar-refractivity contribution in [3.8, 4) is 0 Å². The van der Waals surface area contributed by atoms with Crippen molar-refractivity contribution >= 4 is 6.08 Å². The van der Waals surface area contributed by atoms with Gasteiger partial charge in [-0.1, -0.05) is 42.5 Å². The lowest BCUT2D eigenvalue weighted by Crippen LogP contribution is -2.51. The molecular weight excluding hydrogens is 243 g/mol. The normalized spacial score (nSPS) is 15.8. The Morgan fingerprint density at radius 3 is 2.28 bits per heavy atom. The molecule has 2 nitrogen and oxygen atoms in total. The van der Waals surface area contributed by atoms with Gasteiger partial charge in [0, 0.05) is 6.61 Å². The minimum Gasteiger partial charge on any atom is -0.396 e. The van der Waals surface area contributed by atoms with Crippen LogP contribution in [0.2, 0.25) is 0 Å². The number of hydrogen-bond acceptors (Lipinski definition) is 2. The van der Waals surface area contributed by atoms with Gasteiger partial charge < -0.3 is 10.8 Å². The fraction of sp³-hybridized carbons (Fsp3) is 0.385. The van der Waals surface area contributed by atoms with Crippen LogP contribution in [0.1, 0.15) is 18.4 Å². The monoisotopic (exact) mass is 259 g/mol. The van der Waals surface area contributed by atoms with Crippen molar-refractivity contribution in [2.75, 3.05) is 6.61 Å². The molecule has 1 aromatic carbocycles. The Hall–Kier alpha value is -1.33. The topological polar surface area (TPSA) is 46.2 Å². The lowest BCUT2D eigenvalue weighted by molar-refractivity contribution is -0.173. The molecule has 0 saturated carbocycles. The zero-order valence-corrected chi connectivity index (χ0v) is 9.82. The van der Waals surface area contributed by atoms with Crippen LogP contribution in [0.25, 0.3) is 6.08 Å². The van der Waals surface area contributed by atoms with Gasteiger partial charge in [-0.25, -0.2) is 0 Å². The van der Waals surface area contributed by atoms with E-state index in [1.165, 1.54) is 6.08 Å². The third-order valence-corrected chi connectivity index (χ3v) is 2.65. The van der Waals surface area contributed by atoms with E-state index in [4.69, 9.17) is 10.8 Å². The van der Waals surface area contributed by atoms with Crippen LogP contribution < -0.4 is 5.73 Å². The number of rotatable bonds is 5. The van der Waals surface area contributed by atoms with Crippen LogP contribution in [0.5, 0.6) is 0 Å². The second-order valence-electron chi connectivity index (χ2n) is 4.11. The summed E-state index contributed by atoms with van der Waals surface area (Å²) in [6, 6.07) is 8.64. The summed E-state index contributed by atoms with van der Waals surface area (Å²) in [5, 5.41) is 8.63. The first-order chi connectivity index (χ1) is 8.39. The lowest BCUT2D eigenvalue weighted by Gasteiger charge is -2.28. The van der Waals surface area contributed by atoms with E-state index in [0.29, 0.717) is 5.56 Å². The highest BCUT2D eigenvalue weighted by Crippen LogP contribution is 2.33. The van der Waals surface area contributed by atoms with Crippen LogP contribution in [0.15, 0.2) is 36.4 Å². The fourth-order valence-electron chi connectivity index (χ4n) is 1.50. The van der Waals surface area contributed by atoms with Crippen LogP contribution >= 0.6 is 0 Å². The number of alkyl halides is 3. The highest BCUT2D eigenvalue weighted by molar-refractivity contribution is 5.50. The predicted octanol–water partition coefficient (Wildman–Crippen LogP) is 2.73. The summed E-state index contributed by atoms with van der Waals surface area (Å²) < 4.78 is 38.6. The number of nitrogens with two attached hydrogens (primary N) is 1. The molecule has 100 valence electrons. The minimum absolute atomic E-state index is 0.00907. The van der Waals surface area contributed by atoms with Crippen molar-refractivity contribution in [2.24, 2.45) is 5.73 Å². The van der Waals surface area contributed by atoms with Gasteiger partial charge in [0.25, 0.3) is 0 Å². The second kappa shape index (κ2) is 6.02. The maximum atomic E-state index is 12.9. The fourth-order valence-corrected chi connectivity index (χ4v) is 1.50. The third kappa shape index (κ3) is 3.85. The minimum atomic E-state index is -4.53. The zero-order chi connectivity index (χ0) is 13.6. The summed E-state index contributed by atoms with van der Waals surface area (Å²) in [5.41, 5.74) is 3.64. The molecule has 5 heteroatoms. The summed E-state index contributed by atoms with van der Waals surface area (Å²) in [5.74, 6) is 0. The molecule has 18 heavy (non-hydrogen) atoms. The molecule has 0 saturated heterocycles. The molecule has 0 radical (unpaired) electrons. The molecule has 1 unspecified atom stereocenters. The predicted molar refractivity (Wildman–Crippen MR) is 64.8 cm³/mol. The van der Waals surface area contributed by atoms with Crippen molar-refractivity contribution in [3.05, 3.63) is 42.0 Å². The van der Waals surface area contributed by atoms with Crippen molar-refractivity contribution in [1.82, 2.24) is 0 Å². The maximum Gasteiger partial charge on any atom is 0.409 e. The molecule has 0 aliphatic rings. The number of aliphatic hydroxyl groups excluding tert-OH is 1. The quantitative estimate of drug-likeness (QED) is 0.854. The summed E-state index contributed by atoms with van der Waals surface area (Å²) >= 11 is 0. The molecule has 0 bridgehead atoms. The van der Waals surface area contributed by atoms with Gasteiger partial charge in [-0.15, -0.1) is 0 Å². The second-order valence-corrected chi connectivity index (χ2v) is 4.11. The molecule has 0 aliphatic heterocycles. The van der Waals surface area contributed by atoms with E-state index in [9.17, 15) is 13.2 Å². The summed E-state index contributed by atoms with van der Waals surface area (Å²) in [7, 11) is 0. The zero-order valence-electron chi connectivity index (χ0n) is 9.82. The molecule has 1 rings (SSSR count). The maximum absolute atomic E-state index is 12.9. The molecule has 0 amide bonds. The van der Waals surface area contributed by atoms with Gasteiger partial charge in [-0.3, -0.25) is 0 Å². The Bertz CT molecular complexity index is 389. The number of halogens is 3. The van der Waals surface area contributed by atoms with E-state index in [2.05, 4.69) is 0 Å². The highest BCUT2D eigenvalue weighted by atomic mass is 19.4. The first kappa shape index (κ1) is 14.7. The molecule has 3 N–H and O–H groups in total. The molecule has 0 aliphatic carbocycles. The number of hydrogen-bond donors (Lipinski definition) is 2. The van der Waals surface area contributed by atoms with Gasteiger partial charge in [-0.05, 0) is 18.4 Å². The van der Waals surface area contributed by atoms with Gasteiger partial charge in [0.1, 0.15) is 5.54 Å². The van der Waals surface area contributed by atoms with Gasteiger partial charge in [0.15, 0.2) is 0 Å². The Kier molecular flexibility index (Phi) is 4.93. The van der Waals surface area contributed by atoms with E-state index in [0.717, 1.165) is 6.08 Å². The molecule has 0 aromatic heterocycles. The molecule has 1 atom stereocenters. The van der Waals surface area contributed by atoms with Gasteiger partial charge >= 0.3 is 6.18 Å². The SMILES string of the molecule is NC(/C=C/c1ccccc1)(CCCO)C(F)(F)F. The largest absolute Gasteiger partial charge is 0.409 e. The summed E-state index contributed by atoms with van der Waals surface area (Å²) in [6.07, 6.45) is -2.55. The average Bonchev–Trinajstić information content (AvgIpc) is 2.34. The first-order valence-corrected chi connectivity index (χ1v) is 5.60. The smallest absolute Gasteiger partial charge is 0.396 e. The highest BCUT2D eigenvalue weighted by Gasteiger charge is 2.49. The van der Waals surface area contributed by atoms with Crippen molar-refractivity contribution in [1.29, 1.82) is 0 Å². The van der Waals surface area contributed by atoms with E-state index >= 15 is 0 Å². The third-order valence-electron chi connectivity index (χ3n) is 2.65. The van der Waals surface area contributed by atoms with Crippen LogP contribution in [0.3, 0.4) is 0 Å². The molecule has 0 spiro atoms. The van der Waals surface area contributed by atoms with Crippen molar-refractivity contribution in [3.63, 3.8) is 0 Å². The average molecular weight is 259 g/mol. The molecule has 0 heterocycles. The van der Waals surface area contributed by atoms with Crippen molar-refractivity contribution < 1.29 is 18.3 Å². The number of benzene rings is 1. The van der Waals surface area contributed by atoms with Gasteiger partial charge in [0.05, 0.1) is 0 Å². The van der Waals surface area contributed by atoms with Gasteiger partial charge in [-0.2, -0.15) is 13.2 Å². The van der Waals surface area contributed by atoms with E-state index < -0.39 is 11.7 Å². The van der Waals surface area contributed by atoms with Crippen LogP contribution in [0, 0.1) is 0 Å². The number of aliphatic hydroxyl groups is 1. The van der Waals surface area contributed by atoms with Gasteiger partial charge in [0.2, 0.25) is 0 Å². The van der Waals surface area contributed by atoms with Crippen LogP contribution in [-0.2, 0) is 0 Å². The Morgan fingerprint density at radius 2 is 1.78 bits per heavy atom. The Balaban J connectivity index is 2.88. The van der Waals surface area contributed by atoms with Crippen LogP contribution in [-0.4, -0.2) is 23.4 Å². The van der Waals surface area contributed by atoms with Crippen molar-refractivity contribution in [2.45, 2.75) is 24.6 Å². The first-order valence-electron chi connectivity index (χ1n) is 5.60. The molecule has 0 fully saturated rings. The summed E-state index contributed by atoms with van der Waals surface area (Å²) in [4.78, 5) is 0. The molecule has 1 aromatic rings. The van der Waals surface area contributed by atoms with E-state index in [1.807, 2.05) is 0 Å². The molecular formula is C13H16F3NO. The Morgan fingerprint density at radius 1 is 1.17 bits per heavy atom. The lowest BCUT2D eigenvalue weighted by atomic mass is 9.92. The van der Waals surface area contributed by atoms with E-state index in [-0.39, 0.29) is 19.4 Å². The standard InChI is InChI=1S/C13H16F3NO/c14-13(15,16)12(17,8-4-10-18)9-7-11-5-2-1-3-6-11/h1-3,5-7,9,18H,4,8,10,17H2/b9-7+. The van der Waals surface area contributed by atoms with Crippen LogP contribution in [0.4, 0.5) is 13.2 Å². The Labute approximate surface area is 104 Å². The summed E-state index contributed by atoms with van der Waals surface area (Å²) in [6.45, 7) is -0.311.